The van der Waals surface area contributed by atoms with Gasteiger partial charge in [-0.2, -0.15) is 0 Å². The van der Waals surface area contributed by atoms with Crippen LogP contribution in [-0.4, -0.2) is 10.5 Å². The van der Waals surface area contributed by atoms with Crippen LogP contribution < -0.4 is 5.32 Å². The maximum absolute atomic E-state index is 5.43. The predicted octanol–water partition coefficient (Wildman–Crippen LogP) is 4.33. The number of hydrogen-bond donors (Lipinski definition) is 1. The first kappa shape index (κ1) is 15.1. The van der Waals surface area contributed by atoms with Gasteiger partial charge in [0.15, 0.2) is 0 Å². The lowest BCUT2D eigenvalue weighted by Gasteiger charge is -2.21. The first-order valence-corrected chi connectivity index (χ1v) is 7.60. The lowest BCUT2D eigenvalue weighted by molar-refractivity contribution is 0.422. The molecule has 2 rings (SSSR count). The molecule has 1 aromatic carbocycles. The van der Waals surface area contributed by atoms with Crippen molar-refractivity contribution >= 4 is 11.8 Å². The molecule has 20 heavy (non-hydrogen) atoms. The van der Waals surface area contributed by atoms with Crippen molar-refractivity contribution in [1.29, 1.82) is 0 Å². The van der Waals surface area contributed by atoms with Gasteiger partial charge in [-0.25, -0.2) is 4.98 Å². The molecular formula is C16H22N2OS. The Morgan fingerprint density at radius 1 is 1.25 bits per heavy atom. The van der Waals surface area contributed by atoms with Crippen molar-refractivity contribution in [2.75, 3.05) is 0 Å². The molecule has 108 valence electrons. The van der Waals surface area contributed by atoms with Crippen LogP contribution in [0.4, 0.5) is 0 Å². The molecule has 1 N–H and O–H groups in total. The molecule has 0 saturated carbocycles. The third-order valence-electron chi connectivity index (χ3n) is 2.82. The van der Waals surface area contributed by atoms with Gasteiger partial charge in [0.2, 0.25) is 0 Å². The van der Waals surface area contributed by atoms with Gasteiger partial charge in [0.1, 0.15) is 6.26 Å². The Morgan fingerprint density at radius 3 is 2.60 bits per heavy atom. The van der Waals surface area contributed by atoms with E-state index in [9.17, 15) is 0 Å². The Morgan fingerprint density at radius 2 is 2.00 bits per heavy atom. The molecular weight excluding hydrogens is 268 g/mol. The molecule has 0 radical (unpaired) electrons. The fraction of sp³-hybridized carbons (Fsp3) is 0.438. The molecule has 1 aromatic heterocycles. The number of aryl methyl sites for hydroxylation is 2. The summed E-state index contributed by atoms with van der Waals surface area (Å²) in [6, 6.07) is 6.48. The van der Waals surface area contributed by atoms with E-state index in [1.807, 2.05) is 6.92 Å². The molecule has 2 aromatic rings. The standard InChI is InChI=1S/C16H22N2OS/c1-11-6-7-14(20-15-18-12(2)10-19-15)13(8-11)9-17-16(3,4)5/h6-8,10,17H,9H2,1-5H3. The van der Waals surface area contributed by atoms with Crippen LogP contribution in [0.5, 0.6) is 0 Å². The maximum Gasteiger partial charge on any atom is 0.260 e. The van der Waals surface area contributed by atoms with E-state index in [-0.39, 0.29) is 5.54 Å². The van der Waals surface area contributed by atoms with Gasteiger partial charge in [-0.3, -0.25) is 0 Å². The molecule has 0 bridgehead atoms. The summed E-state index contributed by atoms with van der Waals surface area (Å²) in [5.74, 6) is 0. The number of aromatic nitrogens is 1. The van der Waals surface area contributed by atoms with Crippen LogP contribution in [0.15, 0.2) is 39.0 Å². The molecule has 0 saturated heterocycles. The molecule has 0 unspecified atom stereocenters. The number of benzene rings is 1. The van der Waals surface area contributed by atoms with E-state index >= 15 is 0 Å². The van der Waals surface area contributed by atoms with E-state index in [0.29, 0.717) is 5.22 Å². The molecule has 0 fully saturated rings. The van der Waals surface area contributed by atoms with E-state index in [4.69, 9.17) is 4.42 Å². The Balaban J connectivity index is 2.19. The zero-order valence-corrected chi connectivity index (χ0v) is 13.6. The van der Waals surface area contributed by atoms with E-state index in [2.05, 4.69) is 56.2 Å². The van der Waals surface area contributed by atoms with Gasteiger partial charge < -0.3 is 9.73 Å². The fourth-order valence-corrected chi connectivity index (χ4v) is 2.65. The summed E-state index contributed by atoms with van der Waals surface area (Å²) in [5, 5.41) is 4.23. The average Bonchev–Trinajstić information content (AvgIpc) is 2.74. The number of oxazole rings is 1. The van der Waals surface area contributed by atoms with Gasteiger partial charge in [0.05, 0.1) is 5.69 Å². The highest BCUT2D eigenvalue weighted by Crippen LogP contribution is 2.30. The molecule has 0 atom stereocenters. The molecule has 0 aliphatic rings. The summed E-state index contributed by atoms with van der Waals surface area (Å²) >= 11 is 1.58. The molecule has 4 heteroatoms. The summed E-state index contributed by atoms with van der Waals surface area (Å²) in [5.41, 5.74) is 3.56. The lowest BCUT2D eigenvalue weighted by atomic mass is 10.1. The van der Waals surface area contributed by atoms with Crippen molar-refractivity contribution in [3.63, 3.8) is 0 Å². The maximum atomic E-state index is 5.43. The highest BCUT2D eigenvalue weighted by Gasteiger charge is 2.12. The minimum Gasteiger partial charge on any atom is -0.439 e. The zero-order valence-electron chi connectivity index (χ0n) is 12.8. The summed E-state index contributed by atoms with van der Waals surface area (Å²) in [6.07, 6.45) is 1.68. The minimum absolute atomic E-state index is 0.102. The van der Waals surface area contributed by atoms with E-state index in [1.54, 1.807) is 18.0 Å². The largest absolute Gasteiger partial charge is 0.439 e. The normalized spacial score (nSPS) is 11.8. The van der Waals surface area contributed by atoms with Crippen LogP contribution in [0.1, 0.15) is 37.6 Å². The second-order valence-electron chi connectivity index (χ2n) is 6.07. The van der Waals surface area contributed by atoms with Gasteiger partial charge >= 0.3 is 0 Å². The molecule has 0 spiro atoms. The van der Waals surface area contributed by atoms with Crippen molar-refractivity contribution in [2.45, 2.75) is 56.8 Å². The summed E-state index contributed by atoms with van der Waals surface area (Å²) in [6.45, 7) is 11.4. The van der Waals surface area contributed by atoms with Crippen molar-refractivity contribution in [1.82, 2.24) is 10.3 Å². The number of nitrogens with one attached hydrogen (secondary N) is 1. The van der Waals surface area contributed by atoms with Crippen molar-refractivity contribution in [3.05, 3.63) is 41.3 Å². The molecule has 0 aliphatic heterocycles. The quantitative estimate of drug-likeness (QED) is 0.909. The summed E-state index contributed by atoms with van der Waals surface area (Å²) in [7, 11) is 0. The lowest BCUT2D eigenvalue weighted by Crippen LogP contribution is -2.35. The average molecular weight is 290 g/mol. The van der Waals surface area contributed by atoms with Crippen LogP contribution in [0.3, 0.4) is 0 Å². The molecule has 3 nitrogen and oxygen atoms in total. The van der Waals surface area contributed by atoms with Crippen molar-refractivity contribution < 1.29 is 4.42 Å². The van der Waals surface area contributed by atoms with Crippen LogP contribution >= 0.6 is 11.8 Å². The number of nitrogens with zero attached hydrogens (tertiary/aromatic N) is 1. The Hall–Kier alpha value is -1.26. The Labute approximate surface area is 125 Å². The highest BCUT2D eigenvalue weighted by atomic mass is 32.2. The van der Waals surface area contributed by atoms with Crippen LogP contribution in [0.2, 0.25) is 0 Å². The van der Waals surface area contributed by atoms with Crippen molar-refractivity contribution in [2.24, 2.45) is 0 Å². The second kappa shape index (κ2) is 6.02. The fourth-order valence-electron chi connectivity index (χ4n) is 1.78. The molecule has 0 amide bonds. The third-order valence-corrected chi connectivity index (χ3v) is 3.80. The first-order chi connectivity index (χ1) is 9.33. The van der Waals surface area contributed by atoms with E-state index in [1.165, 1.54) is 16.0 Å². The SMILES string of the molecule is Cc1ccc(Sc2nc(C)co2)c(CNC(C)(C)C)c1. The smallest absolute Gasteiger partial charge is 0.260 e. The third kappa shape index (κ3) is 4.39. The first-order valence-electron chi connectivity index (χ1n) is 6.78. The monoisotopic (exact) mass is 290 g/mol. The molecule has 1 heterocycles. The van der Waals surface area contributed by atoms with Crippen LogP contribution in [0.25, 0.3) is 0 Å². The van der Waals surface area contributed by atoms with Gasteiger partial charge in [-0.1, -0.05) is 17.7 Å². The topological polar surface area (TPSA) is 38.1 Å². The highest BCUT2D eigenvalue weighted by molar-refractivity contribution is 7.99. The van der Waals surface area contributed by atoms with E-state index in [0.717, 1.165) is 12.2 Å². The van der Waals surface area contributed by atoms with E-state index < -0.39 is 0 Å². The molecule has 0 aliphatic carbocycles. The van der Waals surface area contributed by atoms with Crippen molar-refractivity contribution in [3.8, 4) is 0 Å². The minimum atomic E-state index is 0.102. The number of hydrogen-bond acceptors (Lipinski definition) is 4. The van der Waals surface area contributed by atoms with Gasteiger partial charge in [-0.15, -0.1) is 0 Å². The second-order valence-corrected chi connectivity index (χ2v) is 7.06. The Bertz CT molecular complexity index is 584. The Kier molecular flexibility index (Phi) is 4.55. The van der Waals surface area contributed by atoms with Gasteiger partial charge in [-0.05, 0) is 58.0 Å². The van der Waals surface area contributed by atoms with Crippen LogP contribution in [-0.2, 0) is 6.54 Å². The zero-order chi connectivity index (χ0) is 14.8. The summed E-state index contributed by atoms with van der Waals surface area (Å²) in [4.78, 5) is 5.54. The van der Waals surface area contributed by atoms with Gasteiger partial charge in [0, 0.05) is 17.0 Å². The summed E-state index contributed by atoms with van der Waals surface area (Å²) < 4.78 is 5.43. The predicted molar refractivity (Wildman–Crippen MR) is 83.1 cm³/mol. The van der Waals surface area contributed by atoms with Crippen LogP contribution in [0, 0.1) is 13.8 Å². The van der Waals surface area contributed by atoms with Gasteiger partial charge in [0.25, 0.3) is 5.22 Å². The number of rotatable bonds is 4.